The van der Waals surface area contributed by atoms with Gasteiger partial charge in [0, 0.05) is 4.88 Å². The summed E-state index contributed by atoms with van der Waals surface area (Å²) in [6.45, 7) is -0.0394. The Kier molecular flexibility index (Phi) is 3.71. The molecule has 3 amide bonds. The van der Waals surface area contributed by atoms with Gasteiger partial charge in [-0.25, -0.2) is 9.78 Å². The fraction of sp³-hybridized carbons (Fsp3) is 0.364. The molecule has 2 aromatic heterocycles. The summed E-state index contributed by atoms with van der Waals surface area (Å²) in [7, 11) is 0. The summed E-state index contributed by atoms with van der Waals surface area (Å²) in [5, 5.41) is 3.59. The molecule has 3 aliphatic rings. The average Bonchev–Trinajstić information content (AvgIpc) is 3.37. The summed E-state index contributed by atoms with van der Waals surface area (Å²) >= 11 is 1.56. The SMILES string of the molecule is O=C1NC2(CCc3ccccc32)C(=O)N1Cc1nc2sc3c(c2c(=O)[nH]1)CCCC3. The van der Waals surface area contributed by atoms with E-state index in [9.17, 15) is 14.4 Å². The smallest absolute Gasteiger partial charge is 0.319 e. The number of rotatable bonds is 2. The molecular weight excluding hydrogens is 400 g/mol. The van der Waals surface area contributed by atoms with Crippen LogP contribution in [0.3, 0.4) is 0 Å². The zero-order valence-corrected chi connectivity index (χ0v) is 17.1. The molecule has 1 unspecified atom stereocenters. The van der Waals surface area contributed by atoms with E-state index in [2.05, 4.69) is 15.3 Å². The first-order valence-corrected chi connectivity index (χ1v) is 11.1. The van der Waals surface area contributed by atoms with Crippen molar-refractivity contribution in [2.24, 2.45) is 0 Å². The van der Waals surface area contributed by atoms with Gasteiger partial charge in [0.1, 0.15) is 16.2 Å². The summed E-state index contributed by atoms with van der Waals surface area (Å²) < 4.78 is 0. The van der Waals surface area contributed by atoms with Gasteiger partial charge in [0.2, 0.25) is 0 Å². The van der Waals surface area contributed by atoms with Crippen molar-refractivity contribution in [2.45, 2.75) is 50.6 Å². The van der Waals surface area contributed by atoms with E-state index in [0.717, 1.165) is 48.8 Å². The predicted molar refractivity (Wildman–Crippen MR) is 112 cm³/mol. The standard InChI is InChI=1S/C22H20N4O3S/c27-18-17-13-6-2-4-8-15(13)30-19(17)24-16(23-18)11-26-20(28)22(25-21(26)29)10-9-12-5-1-3-7-14(12)22/h1,3,5,7H,2,4,6,8-11H2,(H,25,29)(H,23,24,27). The van der Waals surface area contributed by atoms with E-state index in [1.54, 1.807) is 11.3 Å². The number of thiophene rings is 1. The van der Waals surface area contributed by atoms with Crippen molar-refractivity contribution in [1.82, 2.24) is 20.2 Å². The highest BCUT2D eigenvalue weighted by molar-refractivity contribution is 7.18. The van der Waals surface area contributed by atoms with Crippen molar-refractivity contribution >= 4 is 33.5 Å². The number of nitrogens with zero attached hydrogens (tertiary/aromatic N) is 2. The van der Waals surface area contributed by atoms with Crippen molar-refractivity contribution in [2.75, 3.05) is 0 Å². The number of urea groups is 1. The van der Waals surface area contributed by atoms with E-state index < -0.39 is 11.6 Å². The largest absolute Gasteiger partial charge is 0.325 e. The second kappa shape index (κ2) is 6.25. The van der Waals surface area contributed by atoms with Crippen LogP contribution in [0.25, 0.3) is 10.2 Å². The first-order valence-electron chi connectivity index (χ1n) is 10.3. The minimum Gasteiger partial charge on any atom is -0.319 e. The third-order valence-corrected chi connectivity index (χ3v) is 7.79. The molecule has 1 saturated heterocycles. The molecule has 7 nitrogen and oxygen atoms in total. The van der Waals surface area contributed by atoms with Crippen molar-refractivity contribution in [1.29, 1.82) is 0 Å². The molecule has 1 aliphatic heterocycles. The molecule has 1 spiro atoms. The number of H-pyrrole nitrogens is 1. The highest BCUT2D eigenvalue weighted by Gasteiger charge is 2.55. The Morgan fingerprint density at radius 2 is 1.93 bits per heavy atom. The van der Waals surface area contributed by atoms with E-state index >= 15 is 0 Å². The number of amides is 3. The predicted octanol–water partition coefficient (Wildman–Crippen LogP) is 2.76. The highest BCUT2D eigenvalue weighted by Crippen LogP contribution is 2.41. The Morgan fingerprint density at radius 1 is 1.10 bits per heavy atom. The summed E-state index contributed by atoms with van der Waals surface area (Å²) in [4.78, 5) is 49.4. The van der Waals surface area contributed by atoms with Crippen molar-refractivity contribution < 1.29 is 9.59 Å². The van der Waals surface area contributed by atoms with Gasteiger partial charge in [0.05, 0.1) is 11.9 Å². The number of fused-ring (bicyclic) bond motifs is 5. The minimum atomic E-state index is -1.000. The second-order valence-electron chi connectivity index (χ2n) is 8.29. The van der Waals surface area contributed by atoms with Gasteiger partial charge >= 0.3 is 6.03 Å². The monoisotopic (exact) mass is 420 g/mol. The summed E-state index contributed by atoms with van der Waals surface area (Å²) in [6.07, 6.45) is 5.42. The average molecular weight is 420 g/mol. The molecule has 1 aromatic carbocycles. The van der Waals surface area contributed by atoms with Crippen LogP contribution in [0.15, 0.2) is 29.1 Å². The van der Waals surface area contributed by atoms with Gasteiger partial charge in [-0.2, -0.15) is 0 Å². The number of hydrogen-bond donors (Lipinski definition) is 2. The lowest BCUT2D eigenvalue weighted by molar-refractivity contribution is -0.132. The molecule has 1 atom stereocenters. The molecule has 6 rings (SSSR count). The number of aromatic nitrogens is 2. The molecule has 3 aromatic rings. The summed E-state index contributed by atoms with van der Waals surface area (Å²) in [6, 6.07) is 7.30. The highest BCUT2D eigenvalue weighted by atomic mass is 32.1. The number of nitrogens with one attached hydrogen (secondary N) is 2. The molecule has 2 N–H and O–H groups in total. The van der Waals surface area contributed by atoms with Crippen LogP contribution < -0.4 is 10.9 Å². The van der Waals surface area contributed by atoms with E-state index in [0.29, 0.717) is 22.5 Å². The quantitative estimate of drug-likeness (QED) is 0.623. The topological polar surface area (TPSA) is 95.2 Å². The van der Waals surface area contributed by atoms with Crippen LogP contribution in [0.4, 0.5) is 4.79 Å². The van der Waals surface area contributed by atoms with E-state index in [1.807, 2.05) is 24.3 Å². The Balaban J connectivity index is 1.36. The molecule has 0 saturated carbocycles. The Morgan fingerprint density at radius 3 is 2.83 bits per heavy atom. The van der Waals surface area contributed by atoms with Crippen molar-refractivity contribution in [3.05, 3.63) is 62.0 Å². The summed E-state index contributed by atoms with van der Waals surface area (Å²) in [5.41, 5.74) is 1.90. The van der Waals surface area contributed by atoms with Crippen molar-refractivity contribution in [3.63, 3.8) is 0 Å². The zero-order valence-electron chi connectivity index (χ0n) is 16.3. The lowest BCUT2D eigenvalue weighted by atomic mass is 9.92. The maximum Gasteiger partial charge on any atom is 0.325 e. The first kappa shape index (κ1) is 17.8. The third-order valence-electron chi connectivity index (χ3n) is 6.60. The number of benzene rings is 1. The van der Waals surface area contributed by atoms with Gasteiger partial charge in [0.25, 0.3) is 11.5 Å². The normalized spacial score (nSPS) is 22.6. The molecule has 2 aliphatic carbocycles. The summed E-state index contributed by atoms with van der Waals surface area (Å²) in [5.74, 6) is 0.0728. The number of carbonyl (C=O) groups excluding carboxylic acids is 2. The molecule has 0 radical (unpaired) electrons. The minimum absolute atomic E-state index is 0.0394. The number of aromatic amines is 1. The van der Waals surface area contributed by atoms with E-state index in [1.165, 1.54) is 9.78 Å². The molecule has 0 bridgehead atoms. The van der Waals surface area contributed by atoms with E-state index in [-0.39, 0.29) is 18.0 Å². The first-order chi connectivity index (χ1) is 14.6. The van der Waals surface area contributed by atoms with Gasteiger partial charge in [-0.3, -0.25) is 14.5 Å². The third kappa shape index (κ3) is 2.37. The number of hydrogen-bond acceptors (Lipinski definition) is 5. The van der Waals surface area contributed by atoms with Crippen molar-refractivity contribution in [3.8, 4) is 0 Å². The van der Waals surface area contributed by atoms with Gasteiger partial charge in [-0.15, -0.1) is 11.3 Å². The number of carbonyl (C=O) groups is 2. The Bertz CT molecular complexity index is 1290. The van der Waals surface area contributed by atoms with Crippen LogP contribution in [0.1, 0.15) is 46.7 Å². The Labute approximate surface area is 176 Å². The Hall–Kier alpha value is -3.00. The maximum atomic E-state index is 13.3. The fourth-order valence-electron chi connectivity index (χ4n) is 5.17. The number of aryl methyl sites for hydroxylation is 3. The van der Waals surface area contributed by atoms with Crippen LogP contribution in [0.5, 0.6) is 0 Å². The fourth-order valence-corrected chi connectivity index (χ4v) is 6.45. The van der Waals surface area contributed by atoms with Gasteiger partial charge in [0.15, 0.2) is 0 Å². The lowest BCUT2D eigenvalue weighted by Gasteiger charge is -2.22. The van der Waals surface area contributed by atoms with Gasteiger partial charge < -0.3 is 10.3 Å². The molecule has 3 heterocycles. The van der Waals surface area contributed by atoms with E-state index in [4.69, 9.17) is 0 Å². The molecular formula is C22H20N4O3S. The van der Waals surface area contributed by atoms with Crippen LogP contribution >= 0.6 is 11.3 Å². The van der Waals surface area contributed by atoms with Crippen LogP contribution in [-0.4, -0.2) is 26.8 Å². The molecule has 1 fully saturated rings. The van der Waals surface area contributed by atoms with Crippen LogP contribution in [0.2, 0.25) is 0 Å². The lowest BCUT2D eigenvalue weighted by Crippen LogP contribution is -2.41. The maximum absolute atomic E-state index is 13.3. The molecule has 30 heavy (non-hydrogen) atoms. The van der Waals surface area contributed by atoms with Crippen LogP contribution in [0, 0.1) is 0 Å². The van der Waals surface area contributed by atoms with Gasteiger partial charge in [-0.05, 0) is 55.2 Å². The van der Waals surface area contributed by atoms with Crippen LogP contribution in [-0.2, 0) is 36.1 Å². The number of imide groups is 1. The van der Waals surface area contributed by atoms with Gasteiger partial charge in [-0.1, -0.05) is 24.3 Å². The molecule has 152 valence electrons. The zero-order chi connectivity index (χ0) is 20.5. The second-order valence-corrected chi connectivity index (χ2v) is 9.37. The molecule has 8 heteroatoms.